The molecule has 0 saturated heterocycles. The number of hydrogen-bond acceptors (Lipinski definition) is 4. The van der Waals surface area contributed by atoms with Crippen molar-refractivity contribution in [1.82, 2.24) is 0 Å². The molecule has 0 amide bonds. The molecule has 122 valence electrons. The quantitative estimate of drug-likeness (QED) is 0.796. The van der Waals surface area contributed by atoms with E-state index in [-0.39, 0.29) is 4.90 Å². The molecule has 1 aromatic carbocycles. The van der Waals surface area contributed by atoms with Crippen LogP contribution in [0.2, 0.25) is 0 Å². The van der Waals surface area contributed by atoms with Gasteiger partial charge >= 0.3 is 0 Å². The molecule has 0 N–H and O–H groups in total. The summed E-state index contributed by atoms with van der Waals surface area (Å²) in [5.41, 5.74) is 0.405. The van der Waals surface area contributed by atoms with Gasteiger partial charge in [-0.15, -0.1) is 0 Å². The highest BCUT2D eigenvalue weighted by Gasteiger charge is 2.61. The molecule has 0 spiro atoms. The van der Waals surface area contributed by atoms with Crippen molar-refractivity contribution in [3.63, 3.8) is 0 Å². The van der Waals surface area contributed by atoms with E-state index >= 15 is 0 Å². The first-order valence-electron chi connectivity index (χ1n) is 8.34. The number of fused-ring (bicyclic) bond motifs is 2. The molecule has 0 aliphatic heterocycles. The molecule has 3 fully saturated rings. The minimum Gasteiger partial charge on any atom is -0.261 e. The van der Waals surface area contributed by atoms with Crippen LogP contribution in [0.4, 0.5) is 0 Å². The van der Waals surface area contributed by atoms with Crippen molar-refractivity contribution in [2.24, 2.45) is 23.2 Å². The van der Waals surface area contributed by atoms with E-state index in [0.717, 1.165) is 31.2 Å². The number of rotatable bonds is 3. The Morgan fingerprint density at radius 1 is 1.13 bits per heavy atom. The lowest BCUT2D eigenvalue weighted by molar-refractivity contribution is 0.00105. The Balaban J connectivity index is 1.66. The third-order valence-corrected chi connectivity index (χ3v) is 7.48. The van der Waals surface area contributed by atoms with Crippen molar-refractivity contribution >= 4 is 10.1 Å². The minimum atomic E-state index is -3.82. The Morgan fingerprint density at radius 2 is 1.83 bits per heavy atom. The molecule has 3 bridgehead atoms. The van der Waals surface area contributed by atoms with Crippen LogP contribution in [0.25, 0.3) is 0 Å². The molecule has 0 heterocycles. The molecule has 4 nitrogen and oxygen atoms in total. The first kappa shape index (κ1) is 15.2. The van der Waals surface area contributed by atoms with Crippen molar-refractivity contribution in [2.45, 2.75) is 50.0 Å². The van der Waals surface area contributed by atoms with Crippen molar-refractivity contribution in [1.29, 1.82) is 5.26 Å². The molecule has 3 saturated carbocycles. The Morgan fingerprint density at radius 3 is 2.52 bits per heavy atom. The van der Waals surface area contributed by atoms with Gasteiger partial charge in [0, 0.05) is 0 Å². The zero-order valence-corrected chi connectivity index (χ0v) is 14.1. The number of nitriles is 1. The van der Waals surface area contributed by atoms with Gasteiger partial charge in [0.15, 0.2) is 0 Å². The Hall–Kier alpha value is -1.38. The van der Waals surface area contributed by atoms with Crippen LogP contribution in [-0.2, 0) is 14.3 Å². The predicted molar refractivity (Wildman–Crippen MR) is 84.8 cm³/mol. The van der Waals surface area contributed by atoms with Crippen molar-refractivity contribution in [2.75, 3.05) is 0 Å². The average Bonchev–Trinajstić information content (AvgIpc) is 2.71. The maximum Gasteiger partial charge on any atom is 0.297 e. The smallest absolute Gasteiger partial charge is 0.261 e. The first-order valence-corrected chi connectivity index (χ1v) is 9.75. The van der Waals surface area contributed by atoms with Crippen LogP contribution in [-0.4, -0.2) is 14.5 Å². The summed E-state index contributed by atoms with van der Waals surface area (Å²) in [5.74, 6) is 1.40. The Labute approximate surface area is 137 Å². The summed E-state index contributed by atoms with van der Waals surface area (Å²) in [6.45, 7) is 1.92. The van der Waals surface area contributed by atoms with Crippen LogP contribution in [0.15, 0.2) is 29.2 Å². The van der Waals surface area contributed by atoms with Gasteiger partial charge in [-0.3, -0.25) is 4.18 Å². The minimum absolute atomic E-state index is 0.184. The van der Waals surface area contributed by atoms with E-state index < -0.39 is 21.6 Å². The second-order valence-corrected chi connectivity index (χ2v) is 9.15. The zero-order valence-electron chi connectivity index (χ0n) is 13.2. The fourth-order valence-electron chi connectivity index (χ4n) is 5.14. The second-order valence-electron chi connectivity index (χ2n) is 7.58. The standard InChI is InChI=1S/C18H21NO3S/c1-12-2-4-16(5-3-12)23(20,21)22-17-9-13-6-14-8-15(7-13)18(17,10-14)11-19/h2-5,13-15,17H,6-10H2,1H3/t13-,14+,15-,17+,18-/m1/s1. The molecule has 1 aromatic rings. The monoisotopic (exact) mass is 331 g/mol. The van der Waals surface area contributed by atoms with Gasteiger partial charge in [-0.2, -0.15) is 13.7 Å². The van der Waals surface area contributed by atoms with E-state index in [1.165, 1.54) is 0 Å². The summed E-state index contributed by atoms with van der Waals surface area (Å²) >= 11 is 0. The van der Waals surface area contributed by atoms with E-state index in [1.807, 2.05) is 6.92 Å². The lowest BCUT2D eigenvalue weighted by Gasteiger charge is -2.43. The summed E-state index contributed by atoms with van der Waals surface area (Å²) in [4.78, 5) is 0.184. The van der Waals surface area contributed by atoms with Gasteiger partial charge < -0.3 is 0 Å². The van der Waals surface area contributed by atoms with Crippen LogP contribution in [0.1, 0.15) is 37.7 Å². The molecule has 23 heavy (non-hydrogen) atoms. The molecule has 0 radical (unpaired) electrons. The highest BCUT2D eigenvalue weighted by Crippen LogP contribution is 2.62. The largest absolute Gasteiger partial charge is 0.297 e. The highest BCUT2D eigenvalue weighted by molar-refractivity contribution is 7.86. The van der Waals surface area contributed by atoms with Crippen LogP contribution >= 0.6 is 0 Å². The summed E-state index contributed by atoms with van der Waals surface area (Å²) in [5, 5.41) is 9.84. The number of aryl methyl sites for hydroxylation is 1. The average molecular weight is 331 g/mol. The van der Waals surface area contributed by atoms with Gasteiger partial charge in [0.25, 0.3) is 10.1 Å². The number of nitrogens with zero attached hydrogens (tertiary/aromatic N) is 1. The molecular weight excluding hydrogens is 310 g/mol. The Kier molecular flexibility index (Phi) is 3.33. The van der Waals surface area contributed by atoms with Crippen molar-refractivity contribution < 1.29 is 12.6 Å². The molecule has 0 aromatic heterocycles. The molecule has 3 aliphatic rings. The van der Waals surface area contributed by atoms with Gasteiger partial charge in [-0.1, -0.05) is 17.7 Å². The second kappa shape index (κ2) is 5.06. The summed E-state index contributed by atoms with van der Waals surface area (Å²) in [6.07, 6.45) is 4.27. The van der Waals surface area contributed by atoms with Gasteiger partial charge in [0.05, 0.1) is 22.5 Å². The van der Waals surface area contributed by atoms with Crippen LogP contribution in [0.3, 0.4) is 0 Å². The highest BCUT2D eigenvalue weighted by atomic mass is 32.2. The molecule has 5 heteroatoms. The normalized spacial score (nSPS) is 38.4. The SMILES string of the molecule is Cc1ccc(S(=O)(=O)O[C@H]2C[C@@H]3C[C@H]4C[C@@H](C3)[C@]2(C#N)C4)cc1. The Bertz CT molecular complexity index is 764. The van der Waals surface area contributed by atoms with Crippen molar-refractivity contribution in [3.05, 3.63) is 29.8 Å². The summed E-state index contributed by atoms with van der Waals surface area (Å²) in [7, 11) is -3.82. The summed E-state index contributed by atoms with van der Waals surface area (Å²) < 4.78 is 31.0. The van der Waals surface area contributed by atoms with Gasteiger partial charge in [0.2, 0.25) is 0 Å². The fourth-order valence-corrected chi connectivity index (χ4v) is 6.28. The van der Waals surface area contributed by atoms with E-state index in [9.17, 15) is 13.7 Å². The van der Waals surface area contributed by atoms with E-state index in [4.69, 9.17) is 4.18 Å². The van der Waals surface area contributed by atoms with Gasteiger partial charge in [-0.05, 0) is 68.9 Å². The van der Waals surface area contributed by atoms with Gasteiger partial charge in [-0.25, -0.2) is 0 Å². The third kappa shape index (κ3) is 2.31. The van der Waals surface area contributed by atoms with Crippen LogP contribution < -0.4 is 0 Å². The van der Waals surface area contributed by atoms with E-state index in [0.29, 0.717) is 24.2 Å². The number of benzene rings is 1. The first-order chi connectivity index (χ1) is 10.9. The maximum absolute atomic E-state index is 12.6. The molecule has 5 atom stereocenters. The molecule has 4 rings (SSSR count). The van der Waals surface area contributed by atoms with E-state index in [1.54, 1.807) is 24.3 Å². The number of hydrogen-bond donors (Lipinski definition) is 0. The van der Waals surface area contributed by atoms with Crippen molar-refractivity contribution in [3.8, 4) is 6.07 Å². The summed E-state index contributed by atoms with van der Waals surface area (Å²) in [6, 6.07) is 9.18. The van der Waals surface area contributed by atoms with Crippen LogP contribution in [0.5, 0.6) is 0 Å². The van der Waals surface area contributed by atoms with E-state index in [2.05, 4.69) is 6.07 Å². The molecule has 0 unspecified atom stereocenters. The lowest BCUT2D eigenvalue weighted by atomic mass is 9.63. The molecule has 3 aliphatic carbocycles. The van der Waals surface area contributed by atoms with Crippen LogP contribution in [0, 0.1) is 41.4 Å². The third-order valence-electron chi connectivity index (χ3n) is 6.14. The molecular formula is C18H21NO3S. The topological polar surface area (TPSA) is 67.2 Å². The predicted octanol–water partition coefficient (Wildman–Crippen LogP) is 3.42. The van der Waals surface area contributed by atoms with Gasteiger partial charge in [0.1, 0.15) is 0 Å². The fraction of sp³-hybridized carbons (Fsp3) is 0.611. The lowest BCUT2D eigenvalue weighted by Crippen LogP contribution is -2.45. The maximum atomic E-state index is 12.6. The zero-order chi connectivity index (χ0) is 16.2.